The number of methoxy groups -OCH3 is 1. The number of ether oxygens (including phenoxy) is 1. The highest BCUT2D eigenvalue weighted by molar-refractivity contribution is 6.51. The average molecular weight is 399 g/mol. The minimum Gasteiger partial charge on any atom is -0.507 e. The molecular formula is C25H21NO4. The summed E-state index contributed by atoms with van der Waals surface area (Å²) in [6.45, 7) is 1.94. The van der Waals surface area contributed by atoms with Crippen LogP contribution in [0.5, 0.6) is 5.75 Å². The van der Waals surface area contributed by atoms with Crippen molar-refractivity contribution in [3.63, 3.8) is 0 Å². The van der Waals surface area contributed by atoms with E-state index in [4.69, 9.17) is 4.74 Å². The molecule has 0 aromatic heterocycles. The van der Waals surface area contributed by atoms with Crippen LogP contribution < -0.4 is 9.64 Å². The monoisotopic (exact) mass is 399 g/mol. The molecule has 1 N–H and O–H groups in total. The van der Waals surface area contributed by atoms with Crippen LogP contribution in [0.2, 0.25) is 0 Å². The van der Waals surface area contributed by atoms with Gasteiger partial charge in [0.05, 0.1) is 18.7 Å². The number of carbonyl (C=O) groups is 2. The van der Waals surface area contributed by atoms with Crippen molar-refractivity contribution in [1.82, 2.24) is 0 Å². The third-order valence-electron chi connectivity index (χ3n) is 5.24. The fourth-order valence-electron chi connectivity index (χ4n) is 3.66. The SMILES string of the molecule is COc1ccc([C@@H]2/C(=C(\O)c3ccc(C)cc3)C(=O)C(=O)N2c2ccccc2)cc1. The lowest BCUT2D eigenvalue weighted by Crippen LogP contribution is -2.29. The second-order valence-corrected chi connectivity index (χ2v) is 7.14. The van der Waals surface area contributed by atoms with Crippen LogP contribution in [0.15, 0.2) is 84.4 Å². The molecule has 1 aliphatic heterocycles. The number of rotatable bonds is 4. The number of aliphatic hydroxyl groups excluding tert-OH is 1. The van der Waals surface area contributed by atoms with Crippen molar-refractivity contribution in [2.75, 3.05) is 12.0 Å². The first-order valence-electron chi connectivity index (χ1n) is 9.58. The van der Waals surface area contributed by atoms with Crippen molar-refractivity contribution in [1.29, 1.82) is 0 Å². The zero-order valence-electron chi connectivity index (χ0n) is 16.7. The number of ketones is 1. The summed E-state index contributed by atoms with van der Waals surface area (Å²) in [5.41, 5.74) is 2.88. The van der Waals surface area contributed by atoms with E-state index in [-0.39, 0.29) is 11.3 Å². The van der Waals surface area contributed by atoms with Crippen LogP contribution in [-0.4, -0.2) is 23.9 Å². The summed E-state index contributed by atoms with van der Waals surface area (Å²) in [6, 6.07) is 22.6. The Morgan fingerprint density at radius 3 is 2.13 bits per heavy atom. The first kappa shape index (κ1) is 19.5. The molecule has 1 atom stereocenters. The molecule has 3 aromatic carbocycles. The predicted octanol–water partition coefficient (Wildman–Crippen LogP) is 4.63. The van der Waals surface area contributed by atoms with Crippen molar-refractivity contribution in [2.24, 2.45) is 0 Å². The quantitative estimate of drug-likeness (QED) is 0.395. The largest absolute Gasteiger partial charge is 0.507 e. The van der Waals surface area contributed by atoms with Gasteiger partial charge in [0.25, 0.3) is 11.7 Å². The number of Topliss-reactive ketones (excluding diaryl/α,β-unsaturated/α-hetero) is 1. The second-order valence-electron chi connectivity index (χ2n) is 7.14. The fraction of sp³-hybridized carbons (Fsp3) is 0.120. The molecular weight excluding hydrogens is 378 g/mol. The molecule has 0 radical (unpaired) electrons. The molecule has 30 heavy (non-hydrogen) atoms. The molecule has 1 amide bonds. The smallest absolute Gasteiger partial charge is 0.300 e. The Hall–Kier alpha value is -3.86. The number of hydrogen-bond donors (Lipinski definition) is 1. The van der Waals surface area contributed by atoms with E-state index in [1.165, 1.54) is 4.90 Å². The molecule has 4 rings (SSSR count). The lowest BCUT2D eigenvalue weighted by molar-refractivity contribution is -0.132. The summed E-state index contributed by atoms with van der Waals surface area (Å²) in [5.74, 6) is -0.907. The zero-order valence-corrected chi connectivity index (χ0v) is 16.7. The van der Waals surface area contributed by atoms with Crippen LogP contribution in [0.3, 0.4) is 0 Å². The summed E-state index contributed by atoms with van der Waals surface area (Å²) < 4.78 is 5.23. The summed E-state index contributed by atoms with van der Waals surface area (Å²) in [5, 5.41) is 11.1. The molecule has 5 heteroatoms. The van der Waals surface area contributed by atoms with Gasteiger partial charge >= 0.3 is 0 Å². The summed E-state index contributed by atoms with van der Waals surface area (Å²) in [7, 11) is 1.57. The van der Waals surface area contributed by atoms with Crippen LogP contribution in [0, 0.1) is 6.92 Å². The van der Waals surface area contributed by atoms with Gasteiger partial charge in [-0.3, -0.25) is 14.5 Å². The Morgan fingerprint density at radius 2 is 1.53 bits per heavy atom. The number of aliphatic hydroxyl groups is 1. The van der Waals surface area contributed by atoms with Crippen LogP contribution in [0.1, 0.15) is 22.7 Å². The van der Waals surface area contributed by atoms with Gasteiger partial charge in [-0.25, -0.2) is 0 Å². The minimum absolute atomic E-state index is 0.0675. The van der Waals surface area contributed by atoms with Gasteiger partial charge < -0.3 is 9.84 Å². The first-order chi connectivity index (χ1) is 14.5. The number of carbonyl (C=O) groups excluding carboxylic acids is 2. The van der Waals surface area contributed by atoms with E-state index in [9.17, 15) is 14.7 Å². The number of benzene rings is 3. The number of anilines is 1. The molecule has 1 fully saturated rings. The lowest BCUT2D eigenvalue weighted by atomic mass is 9.95. The molecule has 0 unspecified atom stereocenters. The van der Waals surface area contributed by atoms with Gasteiger partial charge in [-0.1, -0.05) is 60.2 Å². The molecule has 150 valence electrons. The normalized spacial score (nSPS) is 17.9. The number of hydrogen-bond acceptors (Lipinski definition) is 4. The van der Waals surface area contributed by atoms with Crippen molar-refractivity contribution in [3.8, 4) is 5.75 Å². The fourth-order valence-corrected chi connectivity index (χ4v) is 3.66. The van der Waals surface area contributed by atoms with E-state index in [1.54, 1.807) is 67.8 Å². The Kier molecular flexibility index (Phi) is 5.11. The highest BCUT2D eigenvalue weighted by Gasteiger charge is 2.46. The zero-order chi connectivity index (χ0) is 21.3. The maximum Gasteiger partial charge on any atom is 0.300 e. The van der Waals surface area contributed by atoms with Gasteiger partial charge in [-0.05, 0) is 36.8 Å². The van der Waals surface area contributed by atoms with Crippen molar-refractivity contribution >= 4 is 23.1 Å². The third kappa shape index (κ3) is 3.35. The van der Waals surface area contributed by atoms with Crippen LogP contribution in [-0.2, 0) is 9.59 Å². The number of amides is 1. The van der Waals surface area contributed by atoms with Gasteiger partial charge in [-0.2, -0.15) is 0 Å². The molecule has 1 heterocycles. The Balaban J connectivity index is 1.92. The Morgan fingerprint density at radius 1 is 0.900 bits per heavy atom. The molecule has 5 nitrogen and oxygen atoms in total. The van der Waals surface area contributed by atoms with E-state index in [2.05, 4.69) is 0 Å². The molecule has 0 bridgehead atoms. The highest BCUT2D eigenvalue weighted by Crippen LogP contribution is 2.42. The van der Waals surface area contributed by atoms with Crippen molar-refractivity contribution in [3.05, 3.63) is 101 Å². The average Bonchev–Trinajstić information content (AvgIpc) is 3.05. The van der Waals surface area contributed by atoms with Gasteiger partial charge in [0.2, 0.25) is 0 Å². The van der Waals surface area contributed by atoms with Crippen LogP contribution in [0.4, 0.5) is 5.69 Å². The standard InChI is InChI=1S/C25H21NO4/c1-16-8-10-18(11-9-16)23(27)21-22(17-12-14-20(30-2)15-13-17)26(25(29)24(21)28)19-6-4-3-5-7-19/h3-15,22,27H,1-2H3/b23-21+/t22-/m1/s1. The lowest BCUT2D eigenvalue weighted by Gasteiger charge is -2.25. The number of nitrogens with zero attached hydrogens (tertiary/aromatic N) is 1. The van der Waals surface area contributed by atoms with E-state index in [0.717, 1.165) is 5.56 Å². The molecule has 3 aromatic rings. The van der Waals surface area contributed by atoms with E-state index < -0.39 is 17.7 Å². The first-order valence-corrected chi connectivity index (χ1v) is 9.58. The maximum atomic E-state index is 13.0. The second kappa shape index (κ2) is 7.87. The van der Waals surface area contributed by atoms with Crippen molar-refractivity contribution < 1.29 is 19.4 Å². The van der Waals surface area contributed by atoms with Gasteiger partial charge in [0, 0.05) is 11.3 Å². The number of para-hydroxylation sites is 1. The number of aryl methyl sites for hydroxylation is 1. The van der Waals surface area contributed by atoms with E-state index in [0.29, 0.717) is 22.6 Å². The molecule has 1 aliphatic rings. The van der Waals surface area contributed by atoms with Gasteiger partial charge in [0.1, 0.15) is 11.5 Å². The van der Waals surface area contributed by atoms with Crippen LogP contribution in [0.25, 0.3) is 5.76 Å². The maximum absolute atomic E-state index is 13.0. The minimum atomic E-state index is -0.750. The molecule has 1 saturated heterocycles. The van der Waals surface area contributed by atoms with Gasteiger partial charge in [-0.15, -0.1) is 0 Å². The highest BCUT2D eigenvalue weighted by atomic mass is 16.5. The van der Waals surface area contributed by atoms with E-state index in [1.807, 2.05) is 25.1 Å². The molecule has 0 saturated carbocycles. The topological polar surface area (TPSA) is 66.8 Å². The summed E-state index contributed by atoms with van der Waals surface area (Å²) in [4.78, 5) is 27.5. The third-order valence-corrected chi connectivity index (χ3v) is 5.24. The molecule has 0 spiro atoms. The van der Waals surface area contributed by atoms with Crippen LogP contribution >= 0.6 is 0 Å². The Bertz CT molecular complexity index is 1120. The molecule has 0 aliphatic carbocycles. The van der Waals surface area contributed by atoms with Gasteiger partial charge in [0.15, 0.2) is 0 Å². The van der Waals surface area contributed by atoms with Crippen molar-refractivity contribution in [2.45, 2.75) is 13.0 Å². The summed E-state index contributed by atoms with van der Waals surface area (Å²) >= 11 is 0. The Labute approximate surface area is 174 Å². The predicted molar refractivity (Wildman–Crippen MR) is 115 cm³/mol. The summed E-state index contributed by atoms with van der Waals surface area (Å²) in [6.07, 6.45) is 0. The van der Waals surface area contributed by atoms with E-state index >= 15 is 0 Å².